The summed E-state index contributed by atoms with van der Waals surface area (Å²) in [7, 11) is 1.64. The fourth-order valence-electron chi connectivity index (χ4n) is 3.45. The molecule has 0 saturated carbocycles. The molecule has 5 nitrogen and oxygen atoms in total. The van der Waals surface area contributed by atoms with Crippen molar-refractivity contribution in [3.8, 4) is 0 Å². The molecule has 1 aliphatic rings. The number of benzene rings is 2. The molecule has 1 aliphatic heterocycles. The van der Waals surface area contributed by atoms with E-state index in [-0.39, 0.29) is 29.9 Å². The van der Waals surface area contributed by atoms with Crippen molar-refractivity contribution in [3.63, 3.8) is 0 Å². The van der Waals surface area contributed by atoms with Crippen LogP contribution in [0.25, 0.3) is 0 Å². The number of guanidine groups is 1. The van der Waals surface area contributed by atoms with Crippen LogP contribution in [0.2, 0.25) is 0 Å². The number of amides is 1. The molecule has 2 aromatic carbocycles. The van der Waals surface area contributed by atoms with Gasteiger partial charge in [-0.15, -0.1) is 24.0 Å². The number of aliphatic imine (C=N–C) groups is 1. The first-order valence-corrected chi connectivity index (χ1v) is 9.85. The second-order valence-electron chi connectivity index (χ2n) is 6.94. The Hall–Kier alpha value is -2.23. The van der Waals surface area contributed by atoms with Crippen LogP contribution in [0.3, 0.4) is 0 Å². The van der Waals surface area contributed by atoms with Gasteiger partial charge in [0.2, 0.25) is 5.91 Å². The normalized spacial score (nSPS) is 12.9. The molecule has 0 fully saturated rings. The second-order valence-corrected chi connectivity index (χ2v) is 6.94. The maximum absolute atomic E-state index is 13.6. The number of fused-ring (bicyclic) bond motifs is 1. The predicted molar refractivity (Wildman–Crippen MR) is 127 cm³/mol. The van der Waals surface area contributed by atoms with E-state index in [2.05, 4.69) is 21.7 Å². The van der Waals surface area contributed by atoms with Crippen LogP contribution in [0.1, 0.15) is 24.0 Å². The number of hydrogen-bond donors (Lipinski definition) is 2. The van der Waals surface area contributed by atoms with Crippen LogP contribution in [-0.2, 0) is 17.6 Å². The van der Waals surface area contributed by atoms with Gasteiger partial charge in [0.25, 0.3) is 0 Å². The van der Waals surface area contributed by atoms with Crippen molar-refractivity contribution in [2.75, 3.05) is 31.6 Å². The average Bonchev–Trinajstić information content (AvgIpc) is 3.16. The van der Waals surface area contributed by atoms with Gasteiger partial charge < -0.3 is 15.5 Å². The van der Waals surface area contributed by atoms with E-state index in [4.69, 9.17) is 0 Å². The van der Waals surface area contributed by atoms with E-state index < -0.39 is 11.6 Å². The molecule has 0 aromatic heterocycles. The quantitative estimate of drug-likeness (QED) is 0.250. The van der Waals surface area contributed by atoms with Crippen LogP contribution >= 0.6 is 24.0 Å². The van der Waals surface area contributed by atoms with Crippen LogP contribution in [0, 0.1) is 11.6 Å². The van der Waals surface area contributed by atoms with Gasteiger partial charge >= 0.3 is 0 Å². The molecule has 0 unspecified atom stereocenters. The summed E-state index contributed by atoms with van der Waals surface area (Å²) in [6, 6.07) is 11.5. The van der Waals surface area contributed by atoms with Gasteiger partial charge in [0.15, 0.2) is 5.96 Å². The van der Waals surface area contributed by atoms with Crippen LogP contribution in [0.15, 0.2) is 47.5 Å². The minimum Gasteiger partial charge on any atom is -0.356 e. The molecule has 1 amide bonds. The van der Waals surface area contributed by atoms with Crippen LogP contribution in [0.4, 0.5) is 14.5 Å². The highest BCUT2D eigenvalue weighted by molar-refractivity contribution is 14.0. The lowest BCUT2D eigenvalue weighted by Crippen LogP contribution is -2.39. The summed E-state index contributed by atoms with van der Waals surface area (Å²) < 4.78 is 26.9. The maximum atomic E-state index is 13.6. The van der Waals surface area contributed by atoms with Crippen molar-refractivity contribution in [1.29, 1.82) is 0 Å². The van der Waals surface area contributed by atoms with Crippen molar-refractivity contribution in [3.05, 3.63) is 65.2 Å². The Kier molecular flexibility index (Phi) is 9.48. The minimum atomic E-state index is -0.450. The molecule has 3 rings (SSSR count). The first-order chi connectivity index (χ1) is 14.1. The maximum Gasteiger partial charge on any atom is 0.227 e. The molecule has 2 N–H and O–H groups in total. The summed E-state index contributed by atoms with van der Waals surface area (Å²) in [5.41, 5.74) is 2.57. The third-order valence-corrected chi connectivity index (χ3v) is 4.97. The molecule has 2 aromatic rings. The van der Waals surface area contributed by atoms with Crippen LogP contribution in [0.5, 0.6) is 0 Å². The topological polar surface area (TPSA) is 56.7 Å². The number of nitrogens with one attached hydrogen (secondary N) is 2. The summed E-state index contributed by atoms with van der Waals surface area (Å²) in [6.45, 7) is 1.75. The van der Waals surface area contributed by atoms with E-state index in [0.717, 1.165) is 30.8 Å². The number of anilines is 1. The number of nitrogens with zero attached hydrogens (tertiary/aromatic N) is 2. The molecular weight excluding hydrogens is 501 g/mol. The van der Waals surface area contributed by atoms with Crippen molar-refractivity contribution in [2.45, 2.75) is 25.7 Å². The predicted octanol–water partition coefficient (Wildman–Crippen LogP) is 3.66. The zero-order valence-electron chi connectivity index (χ0n) is 17.0. The summed E-state index contributed by atoms with van der Waals surface area (Å²) in [5.74, 6) is -0.172. The third kappa shape index (κ3) is 6.38. The Bertz CT molecular complexity index is 891. The fourth-order valence-corrected chi connectivity index (χ4v) is 3.45. The van der Waals surface area contributed by atoms with Gasteiger partial charge in [-0.05, 0) is 54.7 Å². The lowest BCUT2D eigenvalue weighted by Gasteiger charge is -2.17. The zero-order valence-corrected chi connectivity index (χ0v) is 19.3. The van der Waals surface area contributed by atoms with Crippen LogP contribution in [-0.4, -0.2) is 38.5 Å². The number of para-hydroxylation sites is 1. The van der Waals surface area contributed by atoms with E-state index in [0.29, 0.717) is 43.9 Å². The summed E-state index contributed by atoms with van der Waals surface area (Å²) in [6.07, 6.45) is 2.38. The Morgan fingerprint density at radius 3 is 2.70 bits per heavy atom. The number of hydrogen-bond acceptors (Lipinski definition) is 2. The summed E-state index contributed by atoms with van der Waals surface area (Å²) >= 11 is 0. The molecule has 0 saturated heterocycles. The molecule has 1 heterocycles. The Morgan fingerprint density at radius 2 is 1.90 bits per heavy atom. The molecular formula is C22H27F2IN4O. The molecule has 0 aliphatic carbocycles. The highest BCUT2D eigenvalue weighted by Gasteiger charge is 2.23. The molecule has 0 spiro atoms. The zero-order chi connectivity index (χ0) is 20.6. The van der Waals surface area contributed by atoms with E-state index in [1.54, 1.807) is 7.05 Å². The molecule has 0 atom stereocenters. The van der Waals surface area contributed by atoms with Crippen molar-refractivity contribution in [1.82, 2.24) is 10.6 Å². The lowest BCUT2D eigenvalue weighted by molar-refractivity contribution is -0.118. The smallest absolute Gasteiger partial charge is 0.227 e. The molecule has 0 bridgehead atoms. The number of rotatable bonds is 7. The molecule has 162 valence electrons. The molecule has 8 heteroatoms. The first-order valence-electron chi connectivity index (χ1n) is 9.85. The number of carbonyl (C=O) groups is 1. The highest BCUT2D eigenvalue weighted by atomic mass is 127. The minimum absolute atomic E-state index is 0. The van der Waals surface area contributed by atoms with E-state index in [9.17, 15) is 13.6 Å². The van der Waals surface area contributed by atoms with Crippen molar-refractivity contribution < 1.29 is 13.6 Å². The van der Waals surface area contributed by atoms with Crippen molar-refractivity contribution in [2.24, 2.45) is 4.99 Å². The lowest BCUT2D eigenvalue weighted by atomic mass is 10.1. The van der Waals surface area contributed by atoms with Crippen LogP contribution < -0.4 is 15.5 Å². The first kappa shape index (κ1) is 24.0. The number of carbonyl (C=O) groups excluding carboxylic acids is 1. The SMILES string of the molecule is CN=C(NCCCC(=O)N1CCc2ccccc21)NCCc1cc(F)ccc1F.I. The monoisotopic (exact) mass is 528 g/mol. The van der Waals surface area contributed by atoms with Gasteiger partial charge in [0.1, 0.15) is 11.6 Å². The van der Waals surface area contributed by atoms with Crippen molar-refractivity contribution >= 4 is 41.5 Å². The Balaban J connectivity index is 0.00000320. The molecule has 30 heavy (non-hydrogen) atoms. The largest absolute Gasteiger partial charge is 0.356 e. The van der Waals surface area contributed by atoms with Gasteiger partial charge in [-0.1, -0.05) is 18.2 Å². The standard InChI is InChI=1S/C22H26F2N4O.HI/c1-25-22(27-13-10-17-15-18(23)8-9-19(17)24)26-12-4-7-21(29)28-14-11-16-5-2-3-6-20(16)28;/h2-3,5-6,8-9,15H,4,7,10-14H2,1H3,(H2,25,26,27);1H. The van der Waals surface area contributed by atoms with Gasteiger partial charge in [-0.25, -0.2) is 8.78 Å². The number of halogens is 3. The van der Waals surface area contributed by atoms with Gasteiger partial charge in [-0.3, -0.25) is 9.79 Å². The van der Waals surface area contributed by atoms with Gasteiger partial charge in [0.05, 0.1) is 0 Å². The second kappa shape index (κ2) is 11.8. The Labute approximate surface area is 193 Å². The van der Waals surface area contributed by atoms with E-state index in [1.807, 2.05) is 23.1 Å². The van der Waals surface area contributed by atoms with E-state index >= 15 is 0 Å². The summed E-state index contributed by atoms with van der Waals surface area (Å²) in [4.78, 5) is 18.5. The van der Waals surface area contributed by atoms with E-state index in [1.165, 1.54) is 11.6 Å². The Morgan fingerprint density at radius 1 is 1.13 bits per heavy atom. The van der Waals surface area contributed by atoms with Gasteiger partial charge in [-0.2, -0.15) is 0 Å². The van der Waals surface area contributed by atoms with Gasteiger partial charge in [0, 0.05) is 38.8 Å². The average molecular weight is 528 g/mol. The molecule has 0 radical (unpaired) electrons. The highest BCUT2D eigenvalue weighted by Crippen LogP contribution is 2.27. The fraction of sp³-hybridized carbons (Fsp3) is 0.364. The third-order valence-electron chi connectivity index (χ3n) is 4.97. The summed E-state index contributed by atoms with van der Waals surface area (Å²) in [5, 5.41) is 6.22.